The average Bonchev–Trinajstić information content (AvgIpc) is 3.32. The number of nitrogens with zero attached hydrogens (tertiary/aromatic N) is 2. The number of benzene rings is 3. The molecule has 0 atom stereocenters. The van der Waals surface area contributed by atoms with Gasteiger partial charge in [-0.05, 0) is 35.4 Å². The van der Waals surface area contributed by atoms with Crippen LogP contribution in [0.25, 0.3) is 16.8 Å². The highest BCUT2D eigenvalue weighted by Crippen LogP contribution is 2.36. The molecule has 0 spiro atoms. The van der Waals surface area contributed by atoms with Gasteiger partial charge in [0.1, 0.15) is 0 Å². The van der Waals surface area contributed by atoms with Crippen LogP contribution < -0.4 is 5.32 Å². The van der Waals surface area contributed by atoms with Gasteiger partial charge in [0.15, 0.2) is 11.6 Å². The quantitative estimate of drug-likeness (QED) is 0.517. The van der Waals surface area contributed by atoms with E-state index in [1.54, 1.807) is 29.1 Å². The van der Waals surface area contributed by atoms with Crippen molar-refractivity contribution in [3.05, 3.63) is 102 Å². The number of nitrogens with one attached hydrogen (secondary N) is 1. The standard InChI is InChI=1S/C23H15N3O2/c27-22-19-9-5-4-8-17(19)18-11-10-15(14-20(18)22)23(28)24-21-12-13-26(25-21)16-6-2-1-3-7-16/h1-14H,(H,24,25,28). The highest BCUT2D eigenvalue weighted by atomic mass is 16.1. The van der Waals surface area contributed by atoms with E-state index in [2.05, 4.69) is 10.4 Å². The predicted molar refractivity (Wildman–Crippen MR) is 107 cm³/mol. The lowest BCUT2D eigenvalue weighted by molar-refractivity contribution is 0.102. The number of fused-ring (bicyclic) bond motifs is 3. The first-order chi connectivity index (χ1) is 13.7. The Morgan fingerprint density at radius 2 is 1.50 bits per heavy atom. The second-order valence-electron chi connectivity index (χ2n) is 6.57. The van der Waals surface area contributed by atoms with Gasteiger partial charge in [0, 0.05) is 29.0 Å². The summed E-state index contributed by atoms with van der Waals surface area (Å²) in [5.74, 6) is 0.0995. The van der Waals surface area contributed by atoms with E-state index in [1.165, 1.54) is 0 Å². The third kappa shape index (κ3) is 2.61. The Balaban J connectivity index is 1.40. The van der Waals surface area contributed by atoms with Crippen molar-refractivity contribution in [3.8, 4) is 16.8 Å². The van der Waals surface area contributed by atoms with Gasteiger partial charge >= 0.3 is 0 Å². The van der Waals surface area contributed by atoms with Crippen LogP contribution in [0.2, 0.25) is 0 Å². The Morgan fingerprint density at radius 1 is 0.786 bits per heavy atom. The van der Waals surface area contributed by atoms with Crippen LogP contribution in [-0.2, 0) is 0 Å². The molecule has 0 aliphatic heterocycles. The molecule has 0 radical (unpaired) electrons. The summed E-state index contributed by atoms with van der Waals surface area (Å²) in [6, 6.07) is 24.1. The molecule has 0 saturated carbocycles. The van der Waals surface area contributed by atoms with E-state index >= 15 is 0 Å². The number of amides is 1. The molecule has 3 aromatic carbocycles. The fraction of sp³-hybridized carbons (Fsp3) is 0. The normalized spacial score (nSPS) is 11.8. The summed E-state index contributed by atoms with van der Waals surface area (Å²) >= 11 is 0. The van der Waals surface area contributed by atoms with E-state index in [4.69, 9.17) is 0 Å². The molecule has 1 aliphatic carbocycles. The lowest BCUT2D eigenvalue weighted by Gasteiger charge is -2.05. The van der Waals surface area contributed by atoms with Gasteiger partial charge in [-0.25, -0.2) is 4.68 Å². The molecule has 134 valence electrons. The molecule has 28 heavy (non-hydrogen) atoms. The molecule has 5 rings (SSSR count). The summed E-state index contributed by atoms with van der Waals surface area (Å²) < 4.78 is 1.69. The Morgan fingerprint density at radius 3 is 2.32 bits per heavy atom. The minimum absolute atomic E-state index is 0.0476. The van der Waals surface area contributed by atoms with Crippen LogP contribution >= 0.6 is 0 Å². The zero-order valence-corrected chi connectivity index (χ0v) is 14.8. The minimum Gasteiger partial charge on any atom is -0.305 e. The second kappa shape index (κ2) is 6.32. The van der Waals surface area contributed by atoms with E-state index in [0.29, 0.717) is 22.5 Å². The Hall–Kier alpha value is -3.99. The number of anilines is 1. The topological polar surface area (TPSA) is 64.0 Å². The largest absolute Gasteiger partial charge is 0.305 e. The summed E-state index contributed by atoms with van der Waals surface area (Å²) in [5.41, 5.74) is 4.35. The summed E-state index contributed by atoms with van der Waals surface area (Å²) in [5, 5.41) is 7.18. The predicted octanol–water partition coefficient (Wildman–Crippen LogP) is 4.34. The molecule has 0 fully saturated rings. The SMILES string of the molecule is O=C(Nc1ccn(-c2ccccc2)n1)c1ccc2c(c1)C(=O)c1ccccc1-2. The van der Waals surface area contributed by atoms with Crippen molar-refractivity contribution in [2.75, 3.05) is 5.32 Å². The highest BCUT2D eigenvalue weighted by molar-refractivity contribution is 6.22. The number of hydrogen-bond donors (Lipinski definition) is 1. The van der Waals surface area contributed by atoms with E-state index in [9.17, 15) is 9.59 Å². The molecular formula is C23H15N3O2. The number of ketones is 1. The first-order valence-electron chi connectivity index (χ1n) is 8.91. The Bertz CT molecular complexity index is 1230. The molecule has 0 bridgehead atoms. The molecule has 1 aliphatic rings. The van der Waals surface area contributed by atoms with Crippen molar-refractivity contribution >= 4 is 17.5 Å². The summed E-state index contributed by atoms with van der Waals surface area (Å²) in [4.78, 5) is 25.3. The molecule has 0 saturated heterocycles. The molecule has 1 N–H and O–H groups in total. The molecular weight excluding hydrogens is 350 g/mol. The molecule has 0 unspecified atom stereocenters. The van der Waals surface area contributed by atoms with Crippen molar-refractivity contribution in [3.63, 3.8) is 0 Å². The van der Waals surface area contributed by atoms with Crippen molar-refractivity contribution in [2.24, 2.45) is 0 Å². The van der Waals surface area contributed by atoms with Crippen molar-refractivity contribution in [2.45, 2.75) is 0 Å². The number of carbonyl (C=O) groups excluding carboxylic acids is 2. The van der Waals surface area contributed by atoms with Crippen molar-refractivity contribution < 1.29 is 9.59 Å². The summed E-state index contributed by atoms with van der Waals surface area (Å²) in [6.45, 7) is 0. The van der Waals surface area contributed by atoms with Crippen molar-refractivity contribution in [1.82, 2.24) is 9.78 Å². The fourth-order valence-corrected chi connectivity index (χ4v) is 3.47. The third-order valence-corrected chi connectivity index (χ3v) is 4.84. The van der Waals surface area contributed by atoms with Crippen LogP contribution in [-0.4, -0.2) is 21.5 Å². The van der Waals surface area contributed by atoms with Gasteiger partial charge in [-0.15, -0.1) is 0 Å². The maximum absolute atomic E-state index is 12.7. The second-order valence-corrected chi connectivity index (χ2v) is 6.57. The van der Waals surface area contributed by atoms with Gasteiger partial charge in [-0.1, -0.05) is 48.5 Å². The summed E-state index contributed by atoms with van der Waals surface area (Å²) in [7, 11) is 0. The van der Waals surface area contributed by atoms with Gasteiger partial charge < -0.3 is 5.32 Å². The van der Waals surface area contributed by atoms with Crippen molar-refractivity contribution in [1.29, 1.82) is 0 Å². The minimum atomic E-state index is -0.301. The summed E-state index contributed by atoms with van der Waals surface area (Å²) in [6.07, 6.45) is 1.79. The third-order valence-electron chi connectivity index (χ3n) is 4.84. The van der Waals surface area contributed by atoms with E-state index in [0.717, 1.165) is 16.8 Å². The van der Waals surface area contributed by atoms with E-state index in [1.807, 2.05) is 60.7 Å². The molecule has 1 heterocycles. The average molecular weight is 365 g/mol. The number of aromatic nitrogens is 2. The first kappa shape index (κ1) is 16.2. The van der Waals surface area contributed by atoms with Gasteiger partial charge in [-0.2, -0.15) is 5.10 Å². The number of para-hydroxylation sites is 1. The van der Waals surface area contributed by atoms with E-state index < -0.39 is 0 Å². The van der Waals surface area contributed by atoms with Crippen LogP contribution in [0, 0.1) is 0 Å². The number of hydrogen-bond acceptors (Lipinski definition) is 3. The van der Waals surface area contributed by atoms with Gasteiger partial charge in [0.25, 0.3) is 5.91 Å². The van der Waals surface area contributed by atoms with Crippen LogP contribution in [0.3, 0.4) is 0 Å². The van der Waals surface area contributed by atoms with Gasteiger partial charge in [-0.3, -0.25) is 9.59 Å². The molecule has 1 amide bonds. The van der Waals surface area contributed by atoms with Crippen LogP contribution in [0.15, 0.2) is 85.1 Å². The Kier molecular flexibility index (Phi) is 3.66. The molecule has 5 heteroatoms. The Labute approximate surface area is 161 Å². The monoisotopic (exact) mass is 365 g/mol. The zero-order valence-electron chi connectivity index (χ0n) is 14.8. The zero-order chi connectivity index (χ0) is 19.1. The fourth-order valence-electron chi connectivity index (χ4n) is 3.47. The smallest absolute Gasteiger partial charge is 0.256 e. The first-order valence-corrected chi connectivity index (χ1v) is 8.91. The lowest BCUT2D eigenvalue weighted by Crippen LogP contribution is -2.13. The number of rotatable bonds is 3. The van der Waals surface area contributed by atoms with E-state index in [-0.39, 0.29) is 11.7 Å². The highest BCUT2D eigenvalue weighted by Gasteiger charge is 2.27. The maximum Gasteiger partial charge on any atom is 0.256 e. The molecule has 1 aromatic heterocycles. The molecule has 5 nitrogen and oxygen atoms in total. The van der Waals surface area contributed by atoms with Crippen LogP contribution in [0.4, 0.5) is 5.82 Å². The molecule has 4 aromatic rings. The van der Waals surface area contributed by atoms with Gasteiger partial charge in [0.2, 0.25) is 0 Å². The number of carbonyl (C=O) groups is 2. The van der Waals surface area contributed by atoms with Crippen LogP contribution in [0.1, 0.15) is 26.3 Å². The lowest BCUT2D eigenvalue weighted by atomic mass is 10.0. The van der Waals surface area contributed by atoms with Gasteiger partial charge in [0.05, 0.1) is 5.69 Å². The van der Waals surface area contributed by atoms with Crippen LogP contribution in [0.5, 0.6) is 0 Å². The maximum atomic E-state index is 12.7.